The summed E-state index contributed by atoms with van der Waals surface area (Å²) >= 11 is 0. The number of ether oxygens (including phenoxy) is 1. The lowest BCUT2D eigenvalue weighted by Crippen LogP contribution is -2.38. The van der Waals surface area contributed by atoms with Crippen molar-refractivity contribution in [1.29, 1.82) is 0 Å². The Morgan fingerprint density at radius 3 is 2.50 bits per heavy atom. The third-order valence-corrected chi connectivity index (χ3v) is 3.84. The van der Waals surface area contributed by atoms with Crippen LogP contribution < -0.4 is 0 Å². The summed E-state index contributed by atoms with van der Waals surface area (Å²) in [6, 6.07) is 0.0419. The molecule has 0 spiro atoms. The van der Waals surface area contributed by atoms with Gasteiger partial charge in [0.2, 0.25) is 5.91 Å². The molecule has 0 aromatic rings. The molecule has 1 aliphatic rings. The highest BCUT2D eigenvalue weighted by atomic mass is 16.5. The highest BCUT2D eigenvalue weighted by molar-refractivity contribution is 5.87. The Kier molecular flexibility index (Phi) is 7.03. The quantitative estimate of drug-likeness (QED) is 0.643. The van der Waals surface area contributed by atoms with E-state index < -0.39 is 0 Å². The number of hydrogen-bond acceptors (Lipinski definition) is 3. The van der Waals surface area contributed by atoms with E-state index in [-0.39, 0.29) is 29.9 Å². The molecule has 1 rings (SSSR count). The SMILES string of the molecule is CCCCC1C(C(=O)OC(C)C)CC(=O)N1CCCC. The van der Waals surface area contributed by atoms with Gasteiger partial charge < -0.3 is 9.64 Å². The van der Waals surface area contributed by atoms with Crippen LogP contribution in [0.15, 0.2) is 0 Å². The van der Waals surface area contributed by atoms with Gasteiger partial charge in [0.25, 0.3) is 0 Å². The maximum atomic E-state index is 12.2. The first kappa shape index (κ1) is 17.0. The van der Waals surface area contributed by atoms with Gasteiger partial charge >= 0.3 is 5.97 Å². The molecule has 1 amide bonds. The number of esters is 1. The number of hydrogen-bond donors (Lipinski definition) is 0. The molecule has 1 heterocycles. The Hall–Kier alpha value is -1.06. The molecule has 0 N–H and O–H groups in total. The zero-order chi connectivity index (χ0) is 15.1. The van der Waals surface area contributed by atoms with Crippen molar-refractivity contribution in [2.75, 3.05) is 6.54 Å². The summed E-state index contributed by atoms with van der Waals surface area (Å²) in [6.07, 6.45) is 5.30. The van der Waals surface area contributed by atoms with Gasteiger partial charge in [0.15, 0.2) is 0 Å². The number of rotatable bonds is 8. The highest BCUT2D eigenvalue weighted by Crippen LogP contribution is 2.31. The first-order valence-corrected chi connectivity index (χ1v) is 8.01. The second kappa shape index (κ2) is 8.28. The molecule has 116 valence electrons. The van der Waals surface area contributed by atoms with Crippen molar-refractivity contribution >= 4 is 11.9 Å². The van der Waals surface area contributed by atoms with E-state index in [2.05, 4.69) is 13.8 Å². The Morgan fingerprint density at radius 2 is 1.95 bits per heavy atom. The van der Waals surface area contributed by atoms with E-state index in [4.69, 9.17) is 4.74 Å². The van der Waals surface area contributed by atoms with Gasteiger partial charge in [0.1, 0.15) is 0 Å². The van der Waals surface area contributed by atoms with E-state index in [9.17, 15) is 9.59 Å². The van der Waals surface area contributed by atoms with Crippen LogP contribution >= 0.6 is 0 Å². The average molecular weight is 283 g/mol. The lowest BCUT2D eigenvalue weighted by atomic mass is 9.95. The van der Waals surface area contributed by atoms with Gasteiger partial charge in [-0.3, -0.25) is 9.59 Å². The predicted octanol–water partition coefficient (Wildman–Crippen LogP) is 3.15. The van der Waals surface area contributed by atoms with Crippen molar-refractivity contribution in [3.63, 3.8) is 0 Å². The fourth-order valence-corrected chi connectivity index (χ4v) is 2.79. The summed E-state index contributed by atoms with van der Waals surface area (Å²) in [7, 11) is 0. The van der Waals surface area contributed by atoms with Crippen LogP contribution in [0.4, 0.5) is 0 Å². The molecule has 1 saturated heterocycles. The third-order valence-electron chi connectivity index (χ3n) is 3.84. The summed E-state index contributed by atoms with van der Waals surface area (Å²) in [5.41, 5.74) is 0. The molecule has 1 aliphatic heterocycles. The standard InChI is InChI=1S/C16H29NO3/c1-5-7-9-14-13(16(19)20-12(3)4)11-15(18)17(14)10-8-6-2/h12-14H,5-11H2,1-4H3. The van der Waals surface area contributed by atoms with E-state index in [0.717, 1.165) is 38.6 Å². The smallest absolute Gasteiger partial charge is 0.311 e. The number of unbranched alkanes of at least 4 members (excludes halogenated alkanes) is 2. The lowest BCUT2D eigenvalue weighted by Gasteiger charge is -2.27. The van der Waals surface area contributed by atoms with E-state index in [0.29, 0.717) is 6.42 Å². The topological polar surface area (TPSA) is 46.6 Å². The Bertz CT molecular complexity index is 328. The minimum Gasteiger partial charge on any atom is -0.463 e. The van der Waals surface area contributed by atoms with Gasteiger partial charge in [0.05, 0.1) is 12.0 Å². The Morgan fingerprint density at radius 1 is 1.30 bits per heavy atom. The van der Waals surface area contributed by atoms with Gasteiger partial charge in [-0.15, -0.1) is 0 Å². The zero-order valence-electron chi connectivity index (χ0n) is 13.4. The van der Waals surface area contributed by atoms with E-state index in [1.165, 1.54) is 0 Å². The largest absolute Gasteiger partial charge is 0.463 e. The molecule has 0 aliphatic carbocycles. The van der Waals surface area contributed by atoms with Crippen LogP contribution in [0.2, 0.25) is 0 Å². The van der Waals surface area contributed by atoms with Crippen molar-refractivity contribution in [2.45, 2.75) is 78.4 Å². The Balaban J connectivity index is 2.76. The Labute approximate surface area is 122 Å². The normalized spacial score (nSPS) is 22.6. The van der Waals surface area contributed by atoms with Crippen LogP contribution in [0.5, 0.6) is 0 Å². The summed E-state index contributed by atoms with van der Waals surface area (Å²) in [5.74, 6) is -0.355. The van der Waals surface area contributed by atoms with E-state index in [1.54, 1.807) is 0 Å². The van der Waals surface area contributed by atoms with Crippen LogP contribution in [0.1, 0.15) is 66.2 Å². The van der Waals surface area contributed by atoms with Gasteiger partial charge in [0, 0.05) is 19.0 Å². The molecular formula is C16H29NO3. The fourth-order valence-electron chi connectivity index (χ4n) is 2.79. The first-order chi connectivity index (χ1) is 9.51. The molecule has 4 heteroatoms. The van der Waals surface area contributed by atoms with Crippen LogP contribution in [0, 0.1) is 5.92 Å². The molecule has 4 nitrogen and oxygen atoms in total. The maximum absolute atomic E-state index is 12.2. The van der Waals surface area contributed by atoms with Crippen molar-refractivity contribution in [3.8, 4) is 0 Å². The molecule has 2 atom stereocenters. The number of carbonyl (C=O) groups is 2. The zero-order valence-corrected chi connectivity index (χ0v) is 13.4. The summed E-state index contributed by atoms with van der Waals surface area (Å²) in [5, 5.41) is 0. The van der Waals surface area contributed by atoms with Crippen molar-refractivity contribution in [3.05, 3.63) is 0 Å². The van der Waals surface area contributed by atoms with Gasteiger partial charge in [-0.05, 0) is 26.7 Å². The fraction of sp³-hybridized carbons (Fsp3) is 0.875. The van der Waals surface area contributed by atoms with E-state index >= 15 is 0 Å². The van der Waals surface area contributed by atoms with Crippen LogP contribution in [-0.4, -0.2) is 35.5 Å². The van der Waals surface area contributed by atoms with Crippen LogP contribution in [-0.2, 0) is 14.3 Å². The van der Waals surface area contributed by atoms with Crippen molar-refractivity contribution in [1.82, 2.24) is 4.90 Å². The molecule has 0 radical (unpaired) electrons. The predicted molar refractivity (Wildman–Crippen MR) is 79.3 cm³/mol. The van der Waals surface area contributed by atoms with Crippen molar-refractivity contribution < 1.29 is 14.3 Å². The van der Waals surface area contributed by atoms with Crippen molar-refractivity contribution in [2.24, 2.45) is 5.92 Å². The second-order valence-electron chi connectivity index (χ2n) is 5.95. The van der Waals surface area contributed by atoms with Gasteiger partial charge in [-0.1, -0.05) is 33.1 Å². The highest BCUT2D eigenvalue weighted by Gasteiger charge is 2.43. The third kappa shape index (κ3) is 4.50. The van der Waals surface area contributed by atoms with Gasteiger partial charge in [-0.2, -0.15) is 0 Å². The number of likely N-dealkylation sites (tertiary alicyclic amines) is 1. The molecule has 0 aromatic carbocycles. The molecular weight excluding hydrogens is 254 g/mol. The molecule has 1 fully saturated rings. The summed E-state index contributed by atoms with van der Waals surface area (Å²) < 4.78 is 5.33. The van der Waals surface area contributed by atoms with Crippen LogP contribution in [0.3, 0.4) is 0 Å². The lowest BCUT2D eigenvalue weighted by molar-refractivity contribution is -0.153. The second-order valence-corrected chi connectivity index (χ2v) is 5.95. The van der Waals surface area contributed by atoms with Gasteiger partial charge in [-0.25, -0.2) is 0 Å². The number of nitrogens with zero attached hydrogens (tertiary/aromatic N) is 1. The number of carbonyl (C=O) groups excluding carboxylic acids is 2. The summed E-state index contributed by atoms with van der Waals surface area (Å²) in [6.45, 7) is 8.73. The monoisotopic (exact) mass is 283 g/mol. The molecule has 0 bridgehead atoms. The average Bonchev–Trinajstić information content (AvgIpc) is 2.69. The minimum absolute atomic E-state index is 0.0419. The first-order valence-electron chi connectivity index (χ1n) is 8.01. The molecule has 20 heavy (non-hydrogen) atoms. The molecule has 0 aromatic heterocycles. The minimum atomic E-state index is -0.270. The molecule has 2 unspecified atom stereocenters. The van der Waals surface area contributed by atoms with E-state index in [1.807, 2.05) is 18.7 Å². The maximum Gasteiger partial charge on any atom is 0.311 e. The molecule has 0 saturated carbocycles. The summed E-state index contributed by atoms with van der Waals surface area (Å²) in [4.78, 5) is 26.3. The number of amides is 1. The van der Waals surface area contributed by atoms with Crippen LogP contribution in [0.25, 0.3) is 0 Å².